The van der Waals surface area contributed by atoms with E-state index in [0.29, 0.717) is 6.04 Å². The van der Waals surface area contributed by atoms with E-state index in [-0.39, 0.29) is 6.03 Å². The predicted octanol–water partition coefficient (Wildman–Crippen LogP) is 2.30. The highest BCUT2D eigenvalue weighted by Crippen LogP contribution is 2.18. The monoisotopic (exact) mass is 267 g/mol. The topological polar surface area (TPSA) is 35.6 Å². The van der Waals surface area contributed by atoms with Crippen molar-refractivity contribution < 1.29 is 4.79 Å². The minimum absolute atomic E-state index is 0.162. The molecule has 2 aliphatic rings. The van der Waals surface area contributed by atoms with Crippen molar-refractivity contribution in [2.75, 3.05) is 32.7 Å². The van der Waals surface area contributed by atoms with Crippen LogP contribution >= 0.6 is 0 Å². The fourth-order valence-corrected chi connectivity index (χ4v) is 2.95. The Balaban J connectivity index is 1.65. The Hall–Kier alpha value is -0.770. The first kappa shape index (κ1) is 14.6. The SMILES string of the molecule is CC(C)CCN1CCN(C(=O)NC2CCCC2)CC1. The molecule has 0 bridgehead atoms. The Labute approximate surface area is 117 Å². The van der Waals surface area contributed by atoms with Crippen molar-refractivity contribution in [3.8, 4) is 0 Å². The molecular formula is C15H29N3O. The van der Waals surface area contributed by atoms with Crippen LogP contribution in [-0.2, 0) is 0 Å². The largest absolute Gasteiger partial charge is 0.335 e. The number of rotatable bonds is 4. The maximum Gasteiger partial charge on any atom is 0.317 e. The molecule has 0 radical (unpaired) electrons. The number of amides is 2. The Bertz CT molecular complexity index is 279. The van der Waals surface area contributed by atoms with E-state index in [1.165, 1.54) is 38.6 Å². The smallest absolute Gasteiger partial charge is 0.317 e. The lowest BCUT2D eigenvalue weighted by molar-refractivity contribution is 0.134. The maximum atomic E-state index is 12.1. The predicted molar refractivity (Wildman–Crippen MR) is 78.3 cm³/mol. The van der Waals surface area contributed by atoms with Crippen LogP contribution in [0.2, 0.25) is 0 Å². The number of nitrogens with zero attached hydrogens (tertiary/aromatic N) is 2. The van der Waals surface area contributed by atoms with Gasteiger partial charge in [0.2, 0.25) is 0 Å². The lowest BCUT2D eigenvalue weighted by Gasteiger charge is -2.35. The summed E-state index contributed by atoms with van der Waals surface area (Å²) in [6, 6.07) is 0.599. The van der Waals surface area contributed by atoms with Crippen LogP contribution in [0.3, 0.4) is 0 Å². The van der Waals surface area contributed by atoms with E-state index in [4.69, 9.17) is 0 Å². The highest BCUT2D eigenvalue weighted by molar-refractivity contribution is 5.74. The number of urea groups is 1. The molecule has 0 spiro atoms. The Morgan fingerprint density at radius 3 is 2.37 bits per heavy atom. The van der Waals surface area contributed by atoms with Gasteiger partial charge >= 0.3 is 6.03 Å². The van der Waals surface area contributed by atoms with E-state index >= 15 is 0 Å². The molecule has 0 aromatic carbocycles. The van der Waals surface area contributed by atoms with Gasteiger partial charge in [-0.05, 0) is 31.7 Å². The standard InChI is InChI=1S/C15H29N3O/c1-13(2)7-8-17-9-11-18(12-10-17)15(19)16-14-5-3-4-6-14/h13-14H,3-12H2,1-2H3,(H,16,19). The summed E-state index contributed by atoms with van der Waals surface area (Å²) in [6.07, 6.45) is 6.14. The summed E-state index contributed by atoms with van der Waals surface area (Å²) in [5.41, 5.74) is 0. The molecular weight excluding hydrogens is 238 g/mol. The van der Waals surface area contributed by atoms with Crippen molar-refractivity contribution >= 4 is 6.03 Å². The molecule has 0 unspecified atom stereocenters. The third-order valence-electron chi connectivity index (χ3n) is 4.36. The molecule has 0 atom stereocenters. The van der Waals surface area contributed by atoms with Gasteiger partial charge in [0.05, 0.1) is 0 Å². The second kappa shape index (κ2) is 7.13. The average molecular weight is 267 g/mol. The summed E-state index contributed by atoms with van der Waals surface area (Å²) in [4.78, 5) is 16.6. The first-order chi connectivity index (χ1) is 9.15. The summed E-state index contributed by atoms with van der Waals surface area (Å²) in [6.45, 7) is 9.55. The molecule has 0 aromatic heterocycles. The van der Waals surface area contributed by atoms with E-state index < -0.39 is 0 Å². The van der Waals surface area contributed by atoms with Crippen LogP contribution in [0.4, 0.5) is 4.79 Å². The molecule has 110 valence electrons. The van der Waals surface area contributed by atoms with E-state index in [0.717, 1.165) is 32.1 Å². The molecule has 2 amide bonds. The van der Waals surface area contributed by atoms with Crippen molar-refractivity contribution in [2.24, 2.45) is 5.92 Å². The van der Waals surface area contributed by atoms with Crippen molar-refractivity contribution in [3.63, 3.8) is 0 Å². The molecule has 1 saturated carbocycles. The zero-order valence-electron chi connectivity index (χ0n) is 12.5. The van der Waals surface area contributed by atoms with Crippen LogP contribution < -0.4 is 5.32 Å². The van der Waals surface area contributed by atoms with Crippen molar-refractivity contribution in [2.45, 2.75) is 52.0 Å². The van der Waals surface area contributed by atoms with Gasteiger partial charge in [-0.2, -0.15) is 0 Å². The van der Waals surface area contributed by atoms with E-state index in [1.54, 1.807) is 0 Å². The molecule has 1 aliphatic carbocycles. The minimum Gasteiger partial charge on any atom is -0.335 e. The number of piperazine rings is 1. The first-order valence-corrected chi connectivity index (χ1v) is 7.93. The summed E-state index contributed by atoms with van der Waals surface area (Å²) < 4.78 is 0. The summed E-state index contributed by atoms with van der Waals surface area (Å²) >= 11 is 0. The molecule has 19 heavy (non-hydrogen) atoms. The fraction of sp³-hybridized carbons (Fsp3) is 0.933. The van der Waals surface area contributed by atoms with Gasteiger partial charge < -0.3 is 10.2 Å². The van der Waals surface area contributed by atoms with Gasteiger partial charge in [-0.1, -0.05) is 26.7 Å². The third-order valence-corrected chi connectivity index (χ3v) is 4.36. The fourth-order valence-electron chi connectivity index (χ4n) is 2.95. The molecule has 0 aromatic rings. The van der Waals surface area contributed by atoms with Crippen molar-refractivity contribution in [1.82, 2.24) is 15.1 Å². The molecule has 2 fully saturated rings. The van der Waals surface area contributed by atoms with Gasteiger partial charge in [-0.15, -0.1) is 0 Å². The van der Waals surface area contributed by atoms with Gasteiger partial charge in [-0.25, -0.2) is 4.79 Å². The maximum absolute atomic E-state index is 12.1. The van der Waals surface area contributed by atoms with Crippen LogP contribution in [0.25, 0.3) is 0 Å². The van der Waals surface area contributed by atoms with Gasteiger partial charge in [0.1, 0.15) is 0 Å². The zero-order valence-corrected chi connectivity index (χ0v) is 12.5. The van der Waals surface area contributed by atoms with Gasteiger partial charge in [-0.3, -0.25) is 4.90 Å². The van der Waals surface area contributed by atoms with E-state index in [2.05, 4.69) is 24.1 Å². The Morgan fingerprint density at radius 2 is 1.79 bits per heavy atom. The van der Waals surface area contributed by atoms with Crippen molar-refractivity contribution in [3.05, 3.63) is 0 Å². The Morgan fingerprint density at radius 1 is 1.16 bits per heavy atom. The minimum atomic E-state index is 0.162. The zero-order chi connectivity index (χ0) is 13.7. The van der Waals surface area contributed by atoms with E-state index in [1.807, 2.05) is 4.90 Å². The number of carbonyl (C=O) groups is 1. The molecule has 1 saturated heterocycles. The highest BCUT2D eigenvalue weighted by atomic mass is 16.2. The van der Waals surface area contributed by atoms with Gasteiger partial charge in [0.25, 0.3) is 0 Å². The second-order valence-electron chi connectivity index (χ2n) is 6.44. The van der Waals surface area contributed by atoms with Crippen LogP contribution in [0, 0.1) is 5.92 Å². The second-order valence-corrected chi connectivity index (χ2v) is 6.44. The summed E-state index contributed by atoms with van der Waals surface area (Å²) in [7, 11) is 0. The molecule has 4 nitrogen and oxygen atoms in total. The summed E-state index contributed by atoms with van der Waals surface area (Å²) in [5, 5.41) is 3.18. The molecule has 4 heteroatoms. The highest BCUT2D eigenvalue weighted by Gasteiger charge is 2.24. The van der Waals surface area contributed by atoms with Crippen molar-refractivity contribution in [1.29, 1.82) is 0 Å². The van der Waals surface area contributed by atoms with Gasteiger partial charge in [0.15, 0.2) is 0 Å². The number of nitrogens with one attached hydrogen (secondary N) is 1. The lowest BCUT2D eigenvalue weighted by Crippen LogP contribution is -2.53. The van der Waals surface area contributed by atoms with Crippen LogP contribution in [0.5, 0.6) is 0 Å². The van der Waals surface area contributed by atoms with Gasteiger partial charge in [0, 0.05) is 32.2 Å². The number of carbonyl (C=O) groups excluding carboxylic acids is 1. The van der Waals surface area contributed by atoms with Crippen LogP contribution in [0.1, 0.15) is 46.0 Å². The average Bonchev–Trinajstić information content (AvgIpc) is 2.89. The van der Waals surface area contributed by atoms with Crippen LogP contribution in [0.15, 0.2) is 0 Å². The third kappa shape index (κ3) is 4.68. The Kier molecular flexibility index (Phi) is 5.49. The quantitative estimate of drug-likeness (QED) is 0.848. The lowest BCUT2D eigenvalue weighted by atomic mass is 10.1. The molecule has 1 heterocycles. The summed E-state index contributed by atoms with van der Waals surface area (Å²) in [5.74, 6) is 0.767. The number of hydrogen-bond donors (Lipinski definition) is 1. The first-order valence-electron chi connectivity index (χ1n) is 7.93. The molecule has 2 rings (SSSR count). The van der Waals surface area contributed by atoms with E-state index in [9.17, 15) is 4.79 Å². The number of hydrogen-bond acceptors (Lipinski definition) is 2. The normalized spacial score (nSPS) is 22.2. The molecule has 1 N–H and O–H groups in total. The molecule has 1 aliphatic heterocycles. The van der Waals surface area contributed by atoms with Crippen LogP contribution in [-0.4, -0.2) is 54.6 Å².